The molecule has 0 aliphatic carbocycles. The van der Waals surface area contributed by atoms with Crippen molar-refractivity contribution in [2.45, 2.75) is 33.2 Å². The van der Waals surface area contributed by atoms with Crippen LogP contribution in [0.25, 0.3) is 0 Å². The molecule has 0 bridgehead atoms. The van der Waals surface area contributed by atoms with Crippen molar-refractivity contribution in [3.63, 3.8) is 0 Å². The van der Waals surface area contributed by atoms with Crippen LogP contribution in [-0.2, 0) is 6.42 Å². The molecule has 1 N–H and O–H groups in total. The van der Waals surface area contributed by atoms with E-state index in [1.54, 1.807) is 0 Å². The van der Waals surface area contributed by atoms with Gasteiger partial charge < -0.3 is 9.73 Å². The van der Waals surface area contributed by atoms with E-state index in [-0.39, 0.29) is 6.04 Å². The van der Waals surface area contributed by atoms with Gasteiger partial charge >= 0.3 is 0 Å². The highest BCUT2D eigenvalue weighted by atomic mass is 35.5. The maximum Gasteiger partial charge on any atom is 0.125 e. The van der Waals surface area contributed by atoms with Gasteiger partial charge in [0.2, 0.25) is 0 Å². The zero-order valence-electron chi connectivity index (χ0n) is 11.7. The van der Waals surface area contributed by atoms with Gasteiger partial charge in [0.05, 0.1) is 6.04 Å². The summed E-state index contributed by atoms with van der Waals surface area (Å²) in [6, 6.07) is 10.1. The molecule has 1 unspecified atom stereocenters. The predicted octanol–water partition coefficient (Wildman–Crippen LogP) is 4.50. The minimum absolute atomic E-state index is 0.0593. The van der Waals surface area contributed by atoms with Gasteiger partial charge in [0.15, 0.2) is 0 Å². The minimum atomic E-state index is 0.0593. The van der Waals surface area contributed by atoms with Gasteiger partial charge in [-0.2, -0.15) is 0 Å². The zero-order chi connectivity index (χ0) is 13.8. The number of benzene rings is 1. The van der Waals surface area contributed by atoms with Gasteiger partial charge in [0.25, 0.3) is 0 Å². The summed E-state index contributed by atoms with van der Waals surface area (Å²) in [5.41, 5.74) is 2.39. The van der Waals surface area contributed by atoms with Crippen molar-refractivity contribution in [2.75, 3.05) is 6.54 Å². The standard InChI is InChI=1S/C16H20ClNO/c1-4-13-8-9-15(19-13)16(18-5-2)14-10-12(17)7-6-11(14)3/h6-10,16,18H,4-5H2,1-3H3. The second-order valence-electron chi connectivity index (χ2n) is 4.65. The Morgan fingerprint density at radius 1 is 1.21 bits per heavy atom. The third-order valence-electron chi connectivity index (χ3n) is 3.28. The Kier molecular flexibility index (Phi) is 4.67. The van der Waals surface area contributed by atoms with Crippen LogP contribution in [0.2, 0.25) is 5.02 Å². The number of furan rings is 1. The zero-order valence-corrected chi connectivity index (χ0v) is 12.4. The number of halogens is 1. The lowest BCUT2D eigenvalue weighted by Gasteiger charge is -2.18. The number of hydrogen-bond donors (Lipinski definition) is 1. The first-order chi connectivity index (χ1) is 9.15. The summed E-state index contributed by atoms with van der Waals surface area (Å²) in [4.78, 5) is 0. The molecule has 1 aromatic heterocycles. The smallest absolute Gasteiger partial charge is 0.125 e. The van der Waals surface area contributed by atoms with E-state index in [2.05, 4.69) is 26.1 Å². The highest BCUT2D eigenvalue weighted by Gasteiger charge is 2.19. The van der Waals surface area contributed by atoms with Crippen LogP contribution in [0.5, 0.6) is 0 Å². The molecule has 1 atom stereocenters. The van der Waals surface area contributed by atoms with Gasteiger partial charge in [-0.15, -0.1) is 0 Å². The fraction of sp³-hybridized carbons (Fsp3) is 0.375. The van der Waals surface area contributed by atoms with Gasteiger partial charge in [-0.05, 0) is 48.9 Å². The molecule has 0 fully saturated rings. The monoisotopic (exact) mass is 277 g/mol. The summed E-state index contributed by atoms with van der Waals surface area (Å²) in [5.74, 6) is 1.96. The maximum atomic E-state index is 6.12. The molecule has 0 saturated heterocycles. The van der Waals surface area contributed by atoms with E-state index in [0.717, 1.165) is 29.5 Å². The average Bonchev–Trinajstić information content (AvgIpc) is 2.88. The lowest BCUT2D eigenvalue weighted by molar-refractivity contribution is 0.425. The van der Waals surface area contributed by atoms with E-state index in [4.69, 9.17) is 16.0 Å². The minimum Gasteiger partial charge on any atom is -0.464 e. The van der Waals surface area contributed by atoms with Crippen LogP contribution in [-0.4, -0.2) is 6.54 Å². The van der Waals surface area contributed by atoms with Crippen molar-refractivity contribution >= 4 is 11.6 Å². The molecule has 0 aliphatic rings. The van der Waals surface area contributed by atoms with Gasteiger partial charge in [-0.25, -0.2) is 0 Å². The van der Waals surface area contributed by atoms with Gasteiger partial charge in [-0.1, -0.05) is 31.5 Å². The highest BCUT2D eigenvalue weighted by molar-refractivity contribution is 6.30. The normalized spacial score (nSPS) is 12.6. The van der Waals surface area contributed by atoms with Gasteiger partial charge in [-0.3, -0.25) is 0 Å². The van der Waals surface area contributed by atoms with Crippen LogP contribution in [0.3, 0.4) is 0 Å². The fourth-order valence-electron chi connectivity index (χ4n) is 2.23. The predicted molar refractivity (Wildman–Crippen MR) is 79.8 cm³/mol. The molecule has 0 spiro atoms. The average molecular weight is 278 g/mol. The SMILES string of the molecule is CCNC(c1ccc(CC)o1)c1cc(Cl)ccc1C. The number of rotatable bonds is 5. The molecule has 1 heterocycles. The summed E-state index contributed by atoms with van der Waals surface area (Å²) in [6.07, 6.45) is 0.910. The Labute approximate surface area is 119 Å². The Morgan fingerprint density at radius 2 is 2.00 bits per heavy atom. The van der Waals surface area contributed by atoms with E-state index in [9.17, 15) is 0 Å². The third kappa shape index (κ3) is 3.20. The Bertz CT molecular complexity index is 547. The van der Waals surface area contributed by atoms with Crippen molar-refractivity contribution in [1.82, 2.24) is 5.32 Å². The molecule has 0 saturated carbocycles. The van der Waals surface area contributed by atoms with E-state index in [1.807, 2.05) is 30.3 Å². The van der Waals surface area contributed by atoms with Crippen LogP contribution in [0.15, 0.2) is 34.7 Å². The second-order valence-corrected chi connectivity index (χ2v) is 5.09. The van der Waals surface area contributed by atoms with Crippen molar-refractivity contribution in [2.24, 2.45) is 0 Å². The molecule has 1 aromatic carbocycles. The molecule has 0 aliphatic heterocycles. The molecule has 19 heavy (non-hydrogen) atoms. The molecular formula is C16H20ClNO. The summed E-state index contributed by atoms with van der Waals surface area (Å²) in [7, 11) is 0. The van der Waals surface area contributed by atoms with Crippen LogP contribution in [0.1, 0.15) is 42.5 Å². The topological polar surface area (TPSA) is 25.2 Å². The Balaban J connectivity index is 2.41. The summed E-state index contributed by atoms with van der Waals surface area (Å²) in [5, 5.41) is 4.22. The fourth-order valence-corrected chi connectivity index (χ4v) is 2.41. The van der Waals surface area contributed by atoms with E-state index in [0.29, 0.717) is 0 Å². The first-order valence-corrected chi connectivity index (χ1v) is 7.11. The number of aryl methyl sites for hydroxylation is 2. The van der Waals surface area contributed by atoms with Gasteiger partial charge in [0.1, 0.15) is 11.5 Å². The molecular weight excluding hydrogens is 258 g/mol. The molecule has 2 aromatic rings. The van der Waals surface area contributed by atoms with Crippen LogP contribution >= 0.6 is 11.6 Å². The summed E-state index contributed by atoms with van der Waals surface area (Å²) < 4.78 is 5.89. The lowest BCUT2D eigenvalue weighted by atomic mass is 9.99. The quantitative estimate of drug-likeness (QED) is 0.870. The molecule has 2 nitrogen and oxygen atoms in total. The molecule has 0 radical (unpaired) electrons. The molecule has 2 rings (SSSR count). The van der Waals surface area contributed by atoms with E-state index >= 15 is 0 Å². The van der Waals surface area contributed by atoms with Crippen molar-refractivity contribution in [3.05, 3.63) is 58.0 Å². The van der Waals surface area contributed by atoms with Crippen LogP contribution in [0, 0.1) is 6.92 Å². The van der Waals surface area contributed by atoms with Gasteiger partial charge in [0, 0.05) is 11.4 Å². The Hall–Kier alpha value is -1.25. The van der Waals surface area contributed by atoms with E-state index < -0.39 is 0 Å². The lowest BCUT2D eigenvalue weighted by Crippen LogP contribution is -2.22. The first kappa shape index (κ1) is 14.2. The molecule has 102 valence electrons. The maximum absolute atomic E-state index is 6.12. The van der Waals surface area contributed by atoms with Crippen LogP contribution < -0.4 is 5.32 Å². The molecule has 3 heteroatoms. The van der Waals surface area contributed by atoms with Crippen molar-refractivity contribution in [1.29, 1.82) is 0 Å². The Morgan fingerprint density at radius 3 is 2.63 bits per heavy atom. The van der Waals surface area contributed by atoms with Crippen molar-refractivity contribution in [3.8, 4) is 0 Å². The number of nitrogens with one attached hydrogen (secondary N) is 1. The van der Waals surface area contributed by atoms with E-state index in [1.165, 1.54) is 11.1 Å². The third-order valence-corrected chi connectivity index (χ3v) is 3.51. The first-order valence-electron chi connectivity index (χ1n) is 6.73. The second kappa shape index (κ2) is 6.27. The molecule has 0 amide bonds. The largest absolute Gasteiger partial charge is 0.464 e. The summed E-state index contributed by atoms with van der Waals surface area (Å²) >= 11 is 6.12. The number of hydrogen-bond acceptors (Lipinski definition) is 2. The highest BCUT2D eigenvalue weighted by Crippen LogP contribution is 2.28. The van der Waals surface area contributed by atoms with Crippen LogP contribution in [0.4, 0.5) is 0 Å². The van der Waals surface area contributed by atoms with Crippen molar-refractivity contribution < 1.29 is 4.42 Å². The summed E-state index contributed by atoms with van der Waals surface area (Å²) in [6.45, 7) is 7.16.